The summed E-state index contributed by atoms with van der Waals surface area (Å²) in [6.07, 6.45) is 14.7. The molecule has 1 aromatic carbocycles. The van der Waals surface area contributed by atoms with Crippen LogP contribution in [-0.2, 0) is 23.6 Å². The third-order valence-corrected chi connectivity index (χ3v) is 4.63. The molecule has 0 radical (unpaired) electrons. The van der Waals surface area contributed by atoms with E-state index in [2.05, 4.69) is 35.6 Å². The van der Waals surface area contributed by atoms with Gasteiger partial charge >= 0.3 is 17.1 Å². The number of benzene rings is 1. The van der Waals surface area contributed by atoms with Crippen LogP contribution in [0.5, 0.6) is 0 Å². The minimum Gasteiger partial charge on any atom is -0.358 e. The van der Waals surface area contributed by atoms with Gasteiger partial charge in [0.05, 0.1) is 0 Å². The van der Waals surface area contributed by atoms with E-state index in [9.17, 15) is 0 Å². The Hall–Kier alpha value is -0.301. The molecule has 2 fully saturated rings. The van der Waals surface area contributed by atoms with Crippen LogP contribution in [0, 0.1) is 20.8 Å². The Morgan fingerprint density at radius 1 is 0.783 bits per heavy atom. The van der Waals surface area contributed by atoms with Crippen LogP contribution in [-0.4, -0.2) is 6.54 Å². The molecule has 0 aromatic heterocycles. The van der Waals surface area contributed by atoms with Crippen molar-refractivity contribution in [2.75, 3.05) is 6.54 Å². The summed E-state index contributed by atoms with van der Waals surface area (Å²) >= 11 is 0. The van der Waals surface area contributed by atoms with Gasteiger partial charge in [0, 0.05) is 6.54 Å². The summed E-state index contributed by atoms with van der Waals surface area (Å²) < 4.78 is 0. The fraction of sp³-hybridized carbons (Fsp3) is 0.619. The van der Waals surface area contributed by atoms with E-state index in [0.717, 1.165) is 12.5 Å². The first-order chi connectivity index (χ1) is 9.95. The van der Waals surface area contributed by atoms with Gasteiger partial charge in [0.25, 0.3) is 0 Å². The average Bonchev–Trinajstić information content (AvgIpc) is 3.20. The SMILES string of the molecule is C1CCCC1.[CH3-].[CH3-].[Fe+2].c1ccc(CNCCC2CCCC2)cc1. The standard InChI is InChI=1S/C14H21N.C5H10.2CH3.Fe/c1-2-8-14(9-3-1)12-15-11-10-13-6-4-5-7-13;1-2-4-5-3-1;;;/h1-3,8-9,13,15H,4-7,10-12H2;1-5H2;2*1H3;/q;;2*-1;+2. The van der Waals surface area contributed by atoms with Crippen molar-refractivity contribution in [3.63, 3.8) is 0 Å². The van der Waals surface area contributed by atoms with Crippen molar-refractivity contribution in [3.05, 3.63) is 50.7 Å². The number of hydrogen-bond acceptors (Lipinski definition) is 1. The zero-order valence-corrected chi connectivity index (χ0v) is 16.4. The summed E-state index contributed by atoms with van der Waals surface area (Å²) in [6.45, 7) is 2.20. The third-order valence-electron chi connectivity index (χ3n) is 4.63. The largest absolute Gasteiger partial charge is 2.00 e. The maximum Gasteiger partial charge on any atom is 2.00 e. The Balaban J connectivity index is 0. The van der Waals surface area contributed by atoms with Crippen LogP contribution in [0.2, 0.25) is 0 Å². The molecule has 0 bridgehead atoms. The molecule has 134 valence electrons. The van der Waals surface area contributed by atoms with Crippen LogP contribution in [0.4, 0.5) is 0 Å². The molecule has 0 saturated heterocycles. The van der Waals surface area contributed by atoms with Crippen molar-refractivity contribution in [3.8, 4) is 0 Å². The summed E-state index contributed by atoms with van der Waals surface area (Å²) in [5.41, 5.74) is 1.39. The predicted molar refractivity (Wildman–Crippen MR) is 101 cm³/mol. The molecule has 0 amide bonds. The molecule has 2 saturated carbocycles. The number of nitrogens with one attached hydrogen (secondary N) is 1. The van der Waals surface area contributed by atoms with Crippen LogP contribution in [0.1, 0.15) is 69.8 Å². The number of hydrogen-bond donors (Lipinski definition) is 1. The van der Waals surface area contributed by atoms with E-state index in [-0.39, 0.29) is 31.9 Å². The normalized spacial score (nSPS) is 16.3. The average molecular weight is 359 g/mol. The van der Waals surface area contributed by atoms with E-state index >= 15 is 0 Å². The maximum absolute atomic E-state index is 3.53. The maximum atomic E-state index is 3.53. The topological polar surface area (TPSA) is 12.0 Å². The van der Waals surface area contributed by atoms with E-state index in [1.54, 1.807) is 0 Å². The molecule has 1 aromatic rings. The van der Waals surface area contributed by atoms with Gasteiger partial charge in [0.2, 0.25) is 0 Å². The Bertz CT molecular complexity index is 321. The third kappa shape index (κ3) is 11.8. The summed E-state index contributed by atoms with van der Waals surface area (Å²) in [5.74, 6) is 1.01. The predicted octanol–water partition coefficient (Wildman–Crippen LogP) is 6.21. The Morgan fingerprint density at radius 3 is 1.83 bits per heavy atom. The molecule has 0 atom stereocenters. The van der Waals surface area contributed by atoms with E-state index in [0.29, 0.717) is 0 Å². The molecule has 1 N–H and O–H groups in total. The van der Waals surface area contributed by atoms with Crippen LogP contribution >= 0.6 is 0 Å². The molecule has 2 heteroatoms. The molecule has 23 heavy (non-hydrogen) atoms. The first-order valence-corrected chi connectivity index (χ1v) is 8.70. The van der Waals surface area contributed by atoms with Crippen LogP contribution in [0.3, 0.4) is 0 Å². The molecule has 2 aliphatic carbocycles. The second-order valence-corrected chi connectivity index (χ2v) is 6.37. The Labute approximate surface area is 156 Å². The zero-order valence-electron chi connectivity index (χ0n) is 15.3. The monoisotopic (exact) mass is 359 g/mol. The van der Waals surface area contributed by atoms with Gasteiger partial charge < -0.3 is 20.2 Å². The quantitative estimate of drug-likeness (QED) is 0.375. The molecule has 0 aliphatic heterocycles. The fourth-order valence-electron chi connectivity index (χ4n) is 3.32. The van der Waals surface area contributed by atoms with Crippen LogP contribution in [0.15, 0.2) is 30.3 Å². The van der Waals surface area contributed by atoms with Gasteiger partial charge in [-0.05, 0) is 24.4 Å². The van der Waals surface area contributed by atoms with Crippen LogP contribution < -0.4 is 5.32 Å². The van der Waals surface area contributed by atoms with Gasteiger partial charge in [-0.1, -0.05) is 88.1 Å². The minimum absolute atomic E-state index is 0. The molecular formula is C21H37FeN. The van der Waals surface area contributed by atoms with Gasteiger partial charge in [-0.3, -0.25) is 0 Å². The van der Waals surface area contributed by atoms with Crippen LogP contribution in [0.25, 0.3) is 0 Å². The molecule has 1 nitrogen and oxygen atoms in total. The van der Waals surface area contributed by atoms with Crippen molar-refractivity contribution in [2.45, 2.75) is 70.8 Å². The second kappa shape index (κ2) is 16.6. The first kappa shape index (κ1) is 24.9. The van der Waals surface area contributed by atoms with E-state index in [4.69, 9.17) is 0 Å². The minimum atomic E-state index is 0. The summed E-state index contributed by atoms with van der Waals surface area (Å²) in [6, 6.07) is 10.6. The van der Waals surface area contributed by atoms with Crippen molar-refractivity contribution < 1.29 is 17.1 Å². The number of rotatable bonds is 5. The molecule has 0 heterocycles. The van der Waals surface area contributed by atoms with Gasteiger partial charge in [0.1, 0.15) is 0 Å². The summed E-state index contributed by atoms with van der Waals surface area (Å²) in [4.78, 5) is 0. The second-order valence-electron chi connectivity index (χ2n) is 6.37. The van der Waals surface area contributed by atoms with Crippen molar-refractivity contribution in [2.24, 2.45) is 5.92 Å². The Kier molecular flexibility index (Phi) is 18.0. The smallest absolute Gasteiger partial charge is 0.358 e. The molecule has 0 spiro atoms. The fourth-order valence-corrected chi connectivity index (χ4v) is 3.32. The van der Waals surface area contributed by atoms with Crippen molar-refractivity contribution in [1.29, 1.82) is 0 Å². The Morgan fingerprint density at radius 2 is 1.30 bits per heavy atom. The molecule has 0 unspecified atom stereocenters. The van der Waals surface area contributed by atoms with E-state index < -0.39 is 0 Å². The van der Waals surface area contributed by atoms with Gasteiger partial charge in [-0.15, -0.1) is 0 Å². The van der Waals surface area contributed by atoms with Gasteiger partial charge in [-0.2, -0.15) is 0 Å². The molecule has 2 aliphatic rings. The van der Waals surface area contributed by atoms with E-state index in [1.165, 1.54) is 76.3 Å². The zero-order chi connectivity index (χ0) is 13.9. The molecule has 3 rings (SSSR count). The summed E-state index contributed by atoms with van der Waals surface area (Å²) in [5, 5.41) is 3.53. The van der Waals surface area contributed by atoms with Gasteiger partial charge in [-0.25, -0.2) is 0 Å². The summed E-state index contributed by atoms with van der Waals surface area (Å²) in [7, 11) is 0. The van der Waals surface area contributed by atoms with Crippen molar-refractivity contribution in [1.82, 2.24) is 5.32 Å². The van der Waals surface area contributed by atoms with Gasteiger partial charge in [0.15, 0.2) is 0 Å². The molecular weight excluding hydrogens is 322 g/mol. The van der Waals surface area contributed by atoms with Crippen molar-refractivity contribution >= 4 is 0 Å². The first-order valence-electron chi connectivity index (χ1n) is 8.70. The van der Waals surface area contributed by atoms with E-state index in [1.807, 2.05) is 0 Å².